The number of alkyl carbamates (subject to hydrolysis) is 1. The predicted octanol–water partition coefficient (Wildman–Crippen LogP) is 0.663. The molecule has 24 heavy (non-hydrogen) atoms. The van der Waals surface area contributed by atoms with Crippen molar-refractivity contribution in [3.05, 3.63) is 0 Å². The number of carbonyl (C=O) groups excluding carboxylic acids is 3. The summed E-state index contributed by atoms with van der Waals surface area (Å²) in [4.78, 5) is 34.1. The molecule has 9 nitrogen and oxygen atoms in total. The summed E-state index contributed by atoms with van der Waals surface area (Å²) in [7, 11) is 0. The summed E-state index contributed by atoms with van der Waals surface area (Å²) < 4.78 is 17.8. The first-order valence-electron chi connectivity index (χ1n) is 6.63. The highest BCUT2D eigenvalue weighted by molar-refractivity contribution is 6.67. The fourth-order valence-corrected chi connectivity index (χ4v) is 2.08. The van der Waals surface area contributed by atoms with Gasteiger partial charge in [0, 0.05) is 13.8 Å². The lowest BCUT2D eigenvalue weighted by atomic mass is 10.0. The van der Waals surface area contributed by atoms with Crippen molar-refractivity contribution in [2.24, 2.45) is 0 Å². The Labute approximate surface area is 152 Å². The van der Waals surface area contributed by atoms with Gasteiger partial charge in [0.25, 0.3) is 0 Å². The molecule has 1 amide bonds. The molecule has 12 heteroatoms. The van der Waals surface area contributed by atoms with E-state index in [0.29, 0.717) is 0 Å². The molecule has 1 aliphatic rings. The highest BCUT2D eigenvalue weighted by Gasteiger charge is 2.45. The number of nitrogens with one attached hydrogen (secondary N) is 1. The number of hydrogen-bond acceptors (Lipinski definition) is 8. The molecule has 0 aromatic carbocycles. The SMILES string of the molecule is CC(=O)O[C@@H]1[C@@H](NC(=O)OCC(Cl)(Cl)Cl)[C@@H](O)OC[C@H]1OC(C)=O. The molecule has 138 valence electrons. The van der Waals surface area contributed by atoms with Gasteiger partial charge in [-0.2, -0.15) is 0 Å². The van der Waals surface area contributed by atoms with E-state index in [1.165, 1.54) is 0 Å². The maximum Gasteiger partial charge on any atom is 0.407 e. The Morgan fingerprint density at radius 3 is 2.29 bits per heavy atom. The maximum absolute atomic E-state index is 11.7. The Hall–Kier alpha value is -1.00. The lowest BCUT2D eigenvalue weighted by Crippen LogP contribution is -2.62. The minimum Gasteiger partial charge on any atom is -0.456 e. The number of aliphatic hydroxyl groups is 1. The third kappa shape index (κ3) is 7.27. The number of hydrogen-bond donors (Lipinski definition) is 2. The molecule has 1 aliphatic heterocycles. The minimum atomic E-state index is -1.82. The third-order valence-electron chi connectivity index (χ3n) is 2.73. The van der Waals surface area contributed by atoms with E-state index in [2.05, 4.69) is 10.1 Å². The van der Waals surface area contributed by atoms with Gasteiger partial charge in [0.1, 0.15) is 12.6 Å². The molecule has 1 saturated heterocycles. The molecular formula is C12H16Cl3NO8. The zero-order chi connectivity index (χ0) is 18.5. The average Bonchev–Trinajstić information content (AvgIpc) is 2.42. The number of alkyl halides is 3. The van der Waals surface area contributed by atoms with Gasteiger partial charge in [-0.15, -0.1) is 0 Å². The summed E-state index contributed by atoms with van der Waals surface area (Å²) in [6, 6.07) is -1.27. The fraction of sp³-hybridized carbons (Fsp3) is 0.750. The molecule has 0 radical (unpaired) electrons. The van der Waals surface area contributed by atoms with Crippen LogP contribution < -0.4 is 5.32 Å². The van der Waals surface area contributed by atoms with E-state index in [9.17, 15) is 19.5 Å². The predicted molar refractivity (Wildman–Crippen MR) is 81.6 cm³/mol. The van der Waals surface area contributed by atoms with Crippen LogP contribution in [0.3, 0.4) is 0 Å². The van der Waals surface area contributed by atoms with Crippen molar-refractivity contribution in [2.45, 2.75) is 42.2 Å². The highest BCUT2D eigenvalue weighted by atomic mass is 35.6. The van der Waals surface area contributed by atoms with Crippen LogP contribution in [0.15, 0.2) is 0 Å². The number of halogens is 3. The molecule has 1 rings (SSSR count). The van der Waals surface area contributed by atoms with Crippen molar-refractivity contribution in [3.63, 3.8) is 0 Å². The van der Waals surface area contributed by atoms with Gasteiger partial charge in [0.2, 0.25) is 3.79 Å². The summed E-state index contributed by atoms with van der Waals surface area (Å²) in [6.45, 7) is 1.47. The van der Waals surface area contributed by atoms with Crippen molar-refractivity contribution in [2.75, 3.05) is 13.2 Å². The van der Waals surface area contributed by atoms with Gasteiger partial charge in [-0.3, -0.25) is 9.59 Å². The first-order chi connectivity index (χ1) is 11.0. The number of esters is 2. The summed E-state index contributed by atoms with van der Waals surface area (Å²) >= 11 is 16.4. The largest absolute Gasteiger partial charge is 0.456 e. The molecule has 1 fully saturated rings. The highest BCUT2D eigenvalue weighted by Crippen LogP contribution is 2.26. The average molecular weight is 409 g/mol. The fourth-order valence-electron chi connectivity index (χ4n) is 1.92. The summed E-state index contributed by atoms with van der Waals surface area (Å²) in [5.74, 6) is -1.37. The molecule has 0 bridgehead atoms. The third-order valence-corrected chi connectivity index (χ3v) is 3.06. The molecule has 0 saturated carbocycles. The van der Waals surface area contributed by atoms with E-state index in [1.54, 1.807) is 0 Å². The van der Waals surface area contributed by atoms with Crippen molar-refractivity contribution in [1.82, 2.24) is 5.32 Å². The maximum atomic E-state index is 11.7. The number of amides is 1. The number of rotatable bonds is 4. The van der Waals surface area contributed by atoms with Crippen LogP contribution in [0.25, 0.3) is 0 Å². The molecule has 0 aliphatic carbocycles. The van der Waals surface area contributed by atoms with E-state index in [-0.39, 0.29) is 6.61 Å². The quantitative estimate of drug-likeness (QED) is 0.395. The van der Waals surface area contributed by atoms with E-state index in [0.717, 1.165) is 13.8 Å². The van der Waals surface area contributed by atoms with Gasteiger partial charge in [-0.25, -0.2) is 4.79 Å². The topological polar surface area (TPSA) is 120 Å². The van der Waals surface area contributed by atoms with Crippen LogP contribution in [0, 0.1) is 0 Å². The van der Waals surface area contributed by atoms with Gasteiger partial charge < -0.3 is 29.4 Å². The minimum absolute atomic E-state index is 0.236. The van der Waals surface area contributed by atoms with Gasteiger partial charge >= 0.3 is 18.0 Å². The zero-order valence-electron chi connectivity index (χ0n) is 12.7. The van der Waals surface area contributed by atoms with E-state index in [4.69, 9.17) is 49.0 Å². The van der Waals surface area contributed by atoms with Crippen LogP contribution in [0.1, 0.15) is 13.8 Å². The summed E-state index contributed by atoms with van der Waals surface area (Å²) in [6.07, 6.45) is -4.83. The van der Waals surface area contributed by atoms with Crippen molar-refractivity contribution < 1.29 is 38.4 Å². The molecule has 0 aromatic rings. The van der Waals surface area contributed by atoms with Crippen LogP contribution in [0.2, 0.25) is 0 Å². The smallest absolute Gasteiger partial charge is 0.407 e. The van der Waals surface area contributed by atoms with Gasteiger partial charge in [0.05, 0.1) is 6.61 Å². The second kappa shape index (κ2) is 8.91. The Bertz CT molecular complexity index is 483. The Morgan fingerprint density at radius 2 is 1.79 bits per heavy atom. The molecule has 1 heterocycles. The monoisotopic (exact) mass is 407 g/mol. The Kier molecular flexibility index (Phi) is 7.81. The normalized spacial score (nSPS) is 27.1. The van der Waals surface area contributed by atoms with Crippen LogP contribution in [-0.4, -0.2) is 64.7 Å². The van der Waals surface area contributed by atoms with E-state index >= 15 is 0 Å². The first kappa shape index (κ1) is 21.0. The second-order valence-corrected chi connectivity index (χ2v) is 7.32. The van der Waals surface area contributed by atoms with E-state index < -0.39 is 53.0 Å². The van der Waals surface area contributed by atoms with Crippen molar-refractivity contribution >= 4 is 52.8 Å². The summed E-state index contributed by atoms with van der Waals surface area (Å²) in [5, 5.41) is 12.1. The lowest BCUT2D eigenvalue weighted by Gasteiger charge is -2.39. The number of aliphatic hydroxyl groups excluding tert-OH is 1. The van der Waals surface area contributed by atoms with Gasteiger partial charge in [0.15, 0.2) is 18.5 Å². The molecule has 0 unspecified atom stereocenters. The van der Waals surface area contributed by atoms with Crippen LogP contribution in [0.5, 0.6) is 0 Å². The number of carbonyl (C=O) groups is 3. The van der Waals surface area contributed by atoms with Crippen molar-refractivity contribution in [1.29, 1.82) is 0 Å². The molecule has 2 N–H and O–H groups in total. The zero-order valence-corrected chi connectivity index (χ0v) is 14.9. The van der Waals surface area contributed by atoms with Crippen LogP contribution in [0.4, 0.5) is 4.79 Å². The van der Waals surface area contributed by atoms with Gasteiger partial charge in [-0.05, 0) is 0 Å². The lowest BCUT2D eigenvalue weighted by molar-refractivity contribution is -0.228. The van der Waals surface area contributed by atoms with Crippen LogP contribution >= 0.6 is 34.8 Å². The molecular weight excluding hydrogens is 392 g/mol. The van der Waals surface area contributed by atoms with Gasteiger partial charge in [-0.1, -0.05) is 34.8 Å². The standard InChI is InChI=1S/C12H16Cl3NO8/c1-5(17)23-7-3-21-10(19)8(9(7)24-6(2)18)16-11(20)22-4-12(13,14)15/h7-10,19H,3-4H2,1-2H3,(H,16,20)/t7-,8-,9+,10+/m1/s1. The Balaban J connectivity index is 2.82. The van der Waals surface area contributed by atoms with Crippen LogP contribution in [-0.2, 0) is 28.5 Å². The van der Waals surface area contributed by atoms with Crippen molar-refractivity contribution in [3.8, 4) is 0 Å². The Morgan fingerprint density at radius 1 is 1.21 bits per heavy atom. The summed E-state index contributed by atoms with van der Waals surface area (Å²) in [5.41, 5.74) is 0. The van der Waals surface area contributed by atoms with E-state index in [1.807, 2.05) is 0 Å². The molecule has 0 spiro atoms. The molecule has 4 atom stereocenters. The number of ether oxygens (including phenoxy) is 4. The second-order valence-electron chi connectivity index (χ2n) is 4.81. The molecule has 0 aromatic heterocycles. The first-order valence-corrected chi connectivity index (χ1v) is 7.77.